The Morgan fingerprint density at radius 1 is 1.24 bits per heavy atom. The Balaban J connectivity index is 3.22. The van der Waals surface area contributed by atoms with E-state index in [1.165, 1.54) is 0 Å². The molecule has 0 N–H and O–H groups in total. The number of nitro groups is 1. The van der Waals surface area contributed by atoms with E-state index in [9.17, 15) is 24.5 Å². The highest BCUT2D eigenvalue weighted by atomic mass is 16.7. The van der Waals surface area contributed by atoms with E-state index in [4.69, 9.17) is 14.2 Å². The maximum absolute atomic E-state index is 11.6. The van der Waals surface area contributed by atoms with Gasteiger partial charge in [-0.2, -0.15) is 0 Å². The lowest BCUT2D eigenvalue weighted by Crippen LogP contribution is -2.52. The van der Waals surface area contributed by atoms with Crippen LogP contribution in [0.3, 0.4) is 0 Å². The monoisotopic (exact) mass is 303 g/mol. The molecule has 0 fully saturated rings. The Hall–Kier alpha value is -2.65. The van der Waals surface area contributed by atoms with Gasteiger partial charge in [-0.1, -0.05) is 0 Å². The minimum atomic E-state index is -1.58. The molecule has 0 aliphatic carbocycles. The predicted molar refractivity (Wildman–Crippen MR) is 63.1 cm³/mol. The Morgan fingerprint density at radius 2 is 1.81 bits per heavy atom. The van der Waals surface area contributed by atoms with Gasteiger partial charge in [0.15, 0.2) is 12.4 Å². The first-order valence-electron chi connectivity index (χ1n) is 5.70. The van der Waals surface area contributed by atoms with Crippen LogP contribution in [0.5, 0.6) is 0 Å². The topological polar surface area (TPSA) is 131 Å². The summed E-state index contributed by atoms with van der Waals surface area (Å²) < 4.78 is 19.0. The zero-order valence-electron chi connectivity index (χ0n) is 11.4. The van der Waals surface area contributed by atoms with Crippen LogP contribution in [0.15, 0.2) is 12.0 Å². The van der Waals surface area contributed by atoms with E-state index in [2.05, 4.69) is 4.74 Å². The molecule has 0 unspecified atom stereocenters. The number of esters is 3. The zero-order chi connectivity index (χ0) is 16.2. The Bertz CT molecular complexity index is 498. The molecule has 0 bridgehead atoms. The Morgan fingerprint density at radius 3 is 2.24 bits per heavy atom. The molecule has 1 aliphatic rings. The first-order chi connectivity index (χ1) is 9.77. The van der Waals surface area contributed by atoms with Crippen molar-refractivity contribution in [3.63, 3.8) is 0 Å². The molecule has 0 saturated carbocycles. The molecule has 0 aromatic heterocycles. The Kier molecular flexibility index (Phi) is 5.22. The molecule has 10 heteroatoms. The van der Waals surface area contributed by atoms with Crippen LogP contribution in [0.2, 0.25) is 0 Å². The lowest BCUT2D eigenvalue weighted by Gasteiger charge is -2.31. The molecule has 0 aromatic carbocycles. The van der Waals surface area contributed by atoms with Crippen molar-refractivity contribution in [2.75, 3.05) is 7.11 Å². The van der Waals surface area contributed by atoms with Gasteiger partial charge in [-0.05, 0) is 0 Å². The summed E-state index contributed by atoms with van der Waals surface area (Å²) in [5, 5.41) is 10.9. The van der Waals surface area contributed by atoms with Gasteiger partial charge >= 0.3 is 23.6 Å². The van der Waals surface area contributed by atoms with Gasteiger partial charge in [0.05, 0.1) is 12.0 Å². The minimum absolute atomic E-state index is 0.656. The van der Waals surface area contributed by atoms with E-state index in [1.54, 1.807) is 0 Å². The highest BCUT2D eigenvalue weighted by molar-refractivity contribution is 5.77. The fourth-order valence-corrected chi connectivity index (χ4v) is 1.69. The molecule has 0 radical (unpaired) electrons. The van der Waals surface area contributed by atoms with Gasteiger partial charge < -0.3 is 18.9 Å². The van der Waals surface area contributed by atoms with Crippen LogP contribution >= 0.6 is 0 Å². The van der Waals surface area contributed by atoms with Gasteiger partial charge in [0.1, 0.15) is 0 Å². The summed E-state index contributed by atoms with van der Waals surface area (Å²) in [5.74, 6) is -2.62. The van der Waals surface area contributed by atoms with Gasteiger partial charge in [-0.3, -0.25) is 19.7 Å². The molecule has 0 aromatic rings. The van der Waals surface area contributed by atoms with E-state index in [0.29, 0.717) is 6.26 Å². The molecule has 3 atom stereocenters. The van der Waals surface area contributed by atoms with Crippen molar-refractivity contribution in [1.29, 1.82) is 0 Å². The maximum atomic E-state index is 11.6. The summed E-state index contributed by atoms with van der Waals surface area (Å²) in [7, 11) is 1.06. The van der Waals surface area contributed by atoms with Crippen LogP contribution in [0, 0.1) is 10.1 Å². The lowest BCUT2D eigenvalue weighted by molar-refractivity contribution is -0.443. The van der Waals surface area contributed by atoms with Crippen molar-refractivity contribution in [3.8, 4) is 0 Å². The third-order valence-electron chi connectivity index (χ3n) is 2.46. The molecule has 1 heterocycles. The average molecular weight is 303 g/mol. The van der Waals surface area contributed by atoms with Crippen LogP contribution in [-0.2, 0) is 33.3 Å². The van der Waals surface area contributed by atoms with Gasteiger partial charge in [0.2, 0.25) is 12.2 Å². The first-order valence-corrected chi connectivity index (χ1v) is 5.70. The largest absolute Gasteiger partial charge is 0.475 e. The standard InChI is InChI=1S/C11H13NO9/c1-5(13)20-8-7(12(16)17)4-19-10(11(15)18-3)9(8)21-6(2)14/h4,8-10H,1-3H3/t8-,9+,10+/m1/s1. The van der Waals surface area contributed by atoms with E-state index in [1.807, 2.05) is 0 Å². The third kappa shape index (κ3) is 3.91. The van der Waals surface area contributed by atoms with Crippen LogP contribution in [0.1, 0.15) is 13.8 Å². The molecule has 21 heavy (non-hydrogen) atoms. The van der Waals surface area contributed by atoms with Gasteiger partial charge in [0.25, 0.3) is 0 Å². The zero-order valence-corrected chi connectivity index (χ0v) is 11.4. The van der Waals surface area contributed by atoms with Gasteiger partial charge in [0, 0.05) is 13.8 Å². The van der Waals surface area contributed by atoms with Crippen LogP contribution in [0.25, 0.3) is 0 Å². The molecular formula is C11H13NO9. The summed E-state index contributed by atoms with van der Waals surface area (Å²) >= 11 is 0. The summed E-state index contributed by atoms with van der Waals surface area (Å²) in [6.07, 6.45) is -3.93. The number of carbonyl (C=O) groups is 3. The number of carbonyl (C=O) groups excluding carboxylic acids is 3. The van der Waals surface area contributed by atoms with E-state index < -0.39 is 46.8 Å². The highest BCUT2D eigenvalue weighted by Crippen LogP contribution is 2.26. The molecular weight excluding hydrogens is 290 g/mol. The number of rotatable bonds is 4. The second-order valence-electron chi connectivity index (χ2n) is 3.98. The molecule has 116 valence electrons. The quantitative estimate of drug-likeness (QED) is 0.293. The summed E-state index contributed by atoms with van der Waals surface area (Å²) in [6.45, 7) is 2.05. The molecule has 0 saturated heterocycles. The average Bonchev–Trinajstić information content (AvgIpc) is 2.38. The third-order valence-corrected chi connectivity index (χ3v) is 2.46. The maximum Gasteiger partial charge on any atom is 0.351 e. The normalized spacial score (nSPS) is 24.1. The minimum Gasteiger partial charge on any atom is -0.475 e. The second-order valence-corrected chi connectivity index (χ2v) is 3.98. The number of ether oxygens (including phenoxy) is 4. The molecule has 0 amide bonds. The van der Waals surface area contributed by atoms with Crippen LogP contribution in [-0.4, -0.2) is 48.3 Å². The summed E-state index contributed by atoms with van der Waals surface area (Å²) in [5.41, 5.74) is -0.656. The Labute approximate surface area is 118 Å². The fourth-order valence-electron chi connectivity index (χ4n) is 1.69. The molecule has 0 spiro atoms. The summed E-state index contributed by atoms with van der Waals surface area (Å²) in [4.78, 5) is 43.9. The van der Waals surface area contributed by atoms with E-state index in [0.717, 1.165) is 21.0 Å². The molecule has 1 rings (SSSR count). The van der Waals surface area contributed by atoms with Gasteiger partial charge in [-0.25, -0.2) is 4.79 Å². The number of methoxy groups -OCH3 is 1. The SMILES string of the molecule is COC(=O)[C@H]1OC=C([N+](=O)[O-])[C@@H](OC(C)=O)[C@@H]1OC(C)=O. The number of hydrogen-bond donors (Lipinski definition) is 0. The predicted octanol–water partition coefficient (Wildman–Crippen LogP) is -0.460. The summed E-state index contributed by atoms with van der Waals surface area (Å²) in [6, 6.07) is 0. The molecule has 1 aliphatic heterocycles. The lowest BCUT2D eigenvalue weighted by atomic mass is 10.0. The number of hydrogen-bond acceptors (Lipinski definition) is 9. The highest BCUT2D eigenvalue weighted by Gasteiger charge is 2.50. The second kappa shape index (κ2) is 6.68. The van der Waals surface area contributed by atoms with E-state index >= 15 is 0 Å². The van der Waals surface area contributed by atoms with Crippen molar-refractivity contribution in [1.82, 2.24) is 0 Å². The number of nitrogens with zero attached hydrogens (tertiary/aromatic N) is 1. The van der Waals surface area contributed by atoms with Crippen molar-refractivity contribution >= 4 is 17.9 Å². The molecule has 10 nitrogen and oxygen atoms in total. The van der Waals surface area contributed by atoms with Crippen LogP contribution < -0.4 is 0 Å². The van der Waals surface area contributed by atoms with Crippen molar-refractivity contribution in [3.05, 3.63) is 22.1 Å². The fraction of sp³-hybridized carbons (Fsp3) is 0.545. The smallest absolute Gasteiger partial charge is 0.351 e. The first kappa shape index (κ1) is 16.4. The van der Waals surface area contributed by atoms with E-state index in [-0.39, 0.29) is 0 Å². The van der Waals surface area contributed by atoms with Crippen molar-refractivity contribution < 1.29 is 38.3 Å². The van der Waals surface area contributed by atoms with Crippen molar-refractivity contribution in [2.45, 2.75) is 32.2 Å². The van der Waals surface area contributed by atoms with Gasteiger partial charge in [-0.15, -0.1) is 0 Å². The van der Waals surface area contributed by atoms with Crippen molar-refractivity contribution in [2.24, 2.45) is 0 Å². The van der Waals surface area contributed by atoms with Crippen LogP contribution in [0.4, 0.5) is 0 Å².